The molecule has 0 aliphatic carbocycles. The van der Waals surface area contributed by atoms with Gasteiger partial charge in [0.25, 0.3) is 0 Å². The van der Waals surface area contributed by atoms with E-state index in [2.05, 4.69) is 0 Å². The molecule has 0 radical (unpaired) electrons. The smallest absolute Gasteiger partial charge is 0.378 e. The maximum absolute atomic E-state index is 12.8. The molecule has 0 fully saturated rings. The Morgan fingerprint density at radius 2 is 1.58 bits per heavy atom. The van der Waals surface area contributed by atoms with E-state index >= 15 is 0 Å². The summed E-state index contributed by atoms with van der Waals surface area (Å²) in [6, 6.07) is 2.92. The van der Waals surface area contributed by atoms with Crippen LogP contribution in [0.15, 0.2) is 18.2 Å². The molecular formula is C12H19ClF3N3. The predicted molar refractivity (Wildman–Crippen MR) is 75.3 cm³/mol. The molecule has 0 spiro atoms. The topological polar surface area (TPSA) is 32.5 Å². The summed E-state index contributed by atoms with van der Waals surface area (Å²) in [5, 5.41) is 0. The average molecular weight is 298 g/mol. The average Bonchev–Trinajstić information content (AvgIpc) is 2.25. The zero-order valence-corrected chi connectivity index (χ0v) is 12.1. The fourth-order valence-electron chi connectivity index (χ4n) is 1.65. The molecule has 0 aliphatic heterocycles. The molecule has 1 rings (SSSR count). The van der Waals surface area contributed by atoms with Crippen molar-refractivity contribution in [3.8, 4) is 0 Å². The van der Waals surface area contributed by atoms with Gasteiger partial charge >= 0.3 is 6.18 Å². The first-order valence-corrected chi connectivity index (χ1v) is 5.45. The molecule has 2 N–H and O–H groups in total. The van der Waals surface area contributed by atoms with Crippen LogP contribution in [0, 0.1) is 0 Å². The third kappa shape index (κ3) is 4.18. The zero-order chi connectivity index (χ0) is 14.1. The quantitative estimate of drug-likeness (QED) is 0.931. The number of rotatable bonds is 3. The van der Waals surface area contributed by atoms with Crippen LogP contribution in [-0.4, -0.2) is 34.4 Å². The molecule has 1 aromatic rings. The number of hydrogen-bond acceptors (Lipinski definition) is 3. The minimum absolute atomic E-state index is 0. The van der Waals surface area contributed by atoms with Crippen LogP contribution >= 0.6 is 12.4 Å². The van der Waals surface area contributed by atoms with Gasteiger partial charge in [-0.25, -0.2) is 0 Å². The Kier molecular flexibility index (Phi) is 5.96. The molecule has 110 valence electrons. The highest BCUT2D eigenvalue weighted by Gasteiger charge is 2.39. The number of nitrogens with two attached hydrogens (primary N) is 1. The Bertz CT molecular complexity index is 419. The maximum Gasteiger partial charge on any atom is 0.407 e. The molecule has 0 saturated heterocycles. The number of hydrogen-bond donors (Lipinski definition) is 1. The van der Waals surface area contributed by atoms with E-state index < -0.39 is 12.2 Å². The van der Waals surface area contributed by atoms with Crippen molar-refractivity contribution in [3.05, 3.63) is 23.8 Å². The van der Waals surface area contributed by atoms with Gasteiger partial charge in [0.15, 0.2) is 0 Å². The van der Waals surface area contributed by atoms with Gasteiger partial charge < -0.3 is 15.5 Å². The predicted octanol–water partition coefficient (Wildman–Crippen LogP) is 2.80. The van der Waals surface area contributed by atoms with Crippen LogP contribution in [0.3, 0.4) is 0 Å². The largest absolute Gasteiger partial charge is 0.407 e. The summed E-state index contributed by atoms with van der Waals surface area (Å²) in [6.07, 6.45) is -4.45. The molecule has 0 saturated carbocycles. The van der Waals surface area contributed by atoms with Crippen LogP contribution in [0.4, 0.5) is 24.5 Å². The SMILES string of the molecule is CN(C)c1ccc(N(C)C)c([C@@H](N)C(F)(F)F)c1.Cl. The molecule has 0 heterocycles. The number of nitrogens with zero attached hydrogens (tertiary/aromatic N) is 2. The number of alkyl halides is 3. The second kappa shape index (κ2) is 6.34. The summed E-state index contributed by atoms with van der Waals surface area (Å²) in [5.41, 5.74) is 6.56. The Hall–Kier alpha value is -1.14. The molecule has 0 amide bonds. The third-order valence-electron chi connectivity index (χ3n) is 2.70. The van der Waals surface area contributed by atoms with Crippen molar-refractivity contribution in [2.45, 2.75) is 12.2 Å². The molecular weight excluding hydrogens is 279 g/mol. The maximum atomic E-state index is 12.8. The summed E-state index contributed by atoms with van der Waals surface area (Å²) in [6.45, 7) is 0. The molecule has 0 unspecified atom stereocenters. The Morgan fingerprint density at radius 1 is 1.05 bits per heavy atom. The fourth-order valence-corrected chi connectivity index (χ4v) is 1.65. The number of benzene rings is 1. The van der Waals surface area contributed by atoms with E-state index in [9.17, 15) is 13.2 Å². The Labute approximate surface area is 117 Å². The monoisotopic (exact) mass is 297 g/mol. The van der Waals surface area contributed by atoms with Crippen LogP contribution < -0.4 is 15.5 Å². The second-order valence-electron chi connectivity index (χ2n) is 4.55. The van der Waals surface area contributed by atoms with Gasteiger partial charge in [-0.2, -0.15) is 13.2 Å². The molecule has 1 atom stereocenters. The molecule has 7 heteroatoms. The van der Waals surface area contributed by atoms with Gasteiger partial charge in [-0.15, -0.1) is 12.4 Å². The van der Waals surface area contributed by atoms with Gasteiger partial charge in [0.1, 0.15) is 6.04 Å². The van der Waals surface area contributed by atoms with Crippen LogP contribution in [0.5, 0.6) is 0 Å². The second-order valence-corrected chi connectivity index (χ2v) is 4.55. The Morgan fingerprint density at radius 3 is 1.95 bits per heavy atom. The van der Waals surface area contributed by atoms with Gasteiger partial charge in [-0.05, 0) is 18.2 Å². The lowest BCUT2D eigenvalue weighted by atomic mass is 10.0. The lowest BCUT2D eigenvalue weighted by Gasteiger charge is -2.25. The molecule has 0 aromatic heterocycles. The first-order valence-electron chi connectivity index (χ1n) is 5.45. The number of halogens is 4. The summed E-state index contributed by atoms with van der Waals surface area (Å²) >= 11 is 0. The molecule has 19 heavy (non-hydrogen) atoms. The van der Waals surface area contributed by atoms with E-state index in [-0.39, 0.29) is 18.0 Å². The van der Waals surface area contributed by atoms with E-state index in [4.69, 9.17) is 5.73 Å². The van der Waals surface area contributed by atoms with Crippen molar-refractivity contribution >= 4 is 23.8 Å². The van der Waals surface area contributed by atoms with E-state index in [1.54, 1.807) is 50.1 Å². The summed E-state index contributed by atoms with van der Waals surface area (Å²) < 4.78 is 38.3. The van der Waals surface area contributed by atoms with Gasteiger partial charge in [-0.3, -0.25) is 0 Å². The first-order chi connectivity index (χ1) is 8.14. The van der Waals surface area contributed by atoms with E-state index in [1.807, 2.05) is 0 Å². The van der Waals surface area contributed by atoms with Crippen molar-refractivity contribution < 1.29 is 13.2 Å². The van der Waals surface area contributed by atoms with Crippen molar-refractivity contribution in [2.75, 3.05) is 38.0 Å². The van der Waals surface area contributed by atoms with Crippen molar-refractivity contribution in [3.63, 3.8) is 0 Å². The lowest BCUT2D eigenvalue weighted by molar-refractivity contribution is -0.149. The van der Waals surface area contributed by atoms with Gasteiger partial charge in [0.05, 0.1) is 0 Å². The highest BCUT2D eigenvalue weighted by molar-refractivity contribution is 5.85. The van der Waals surface area contributed by atoms with Gasteiger partial charge in [0, 0.05) is 45.1 Å². The van der Waals surface area contributed by atoms with Crippen LogP contribution in [0.2, 0.25) is 0 Å². The van der Waals surface area contributed by atoms with Gasteiger partial charge in [0.2, 0.25) is 0 Å². The summed E-state index contributed by atoms with van der Waals surface area (Å²) in [7, 11) is 6.93. The van der Waals surface area contributed by atoms with Crippen molar-refractivity contribution in [2.24, 2.45) is 5.73 Å². The standard InChI is InChI=1S/C12H18F3N3.ClH/c1-17(2)8-5-6-10(18(3)4)9(7-8)11(16)12(13,14)15;/h5-7,11H,16H2,1-4H3;1H/t11-;/m1./s1. The fraction of sp³-hybridized carbons (Fsp3) is 0.500. The normalized spacial score (nSPS) is 12.6. The van der Waals surface area contributed by atoms with Crippen LogP contribution in [0.1, 0.15) is 11.6 Å². The van der Waals surface area contributed by atoms with Crippen molar-refractivity contribution in [1.29, 1.82) is 0 Å². The molecule has 3 nitrogen and oxygen atoms in total. The minimum Gasteiger partial charge on any atom is -0.378 e. The molecule has 0 aliphatic rings. The first kappa shape index (κ1) is 17.9. The Balaban J connectivity index is 0.00000324. The van der Waals surface area contributed by atoms with Crippen LogP contribution in [0.25, 0.3) is 0 Å². The van der Waals surface area contributed by atoms with Gasteiger partial charge in [-0.1, -0.05) is 0 Å². The zero-order valence-electron chi connectivity index (χ0n) is 11.3. The van der Waals surface area contributed by atoms with E-state index in [0.717, 1.165) is 0 Å². The third-order valence-corrected chi connectivity index (χ3v) is 2.70. The lowest BCUT2D eigenvalue weighted by Crippen LogP contribution is -2.30. The van der Waals surface area contributed by atoms with Crippen LogP contribution in [-0.2, 0) is 0 Å². The van der Waals surface area contributed by atoms with E-state index in [1.165, 1.54) is 6.07 Å². The number of anilines is 2. The summed E-state index contributed by atoms with van der Waals surface area (Å²) in [5.74, 6) is 0. The molecule has 1 aromatic carbocycles. The minimum atomic E-state index is -4.45. The van der Waals surface area contributed by atoms with E-state index in [0.29, 0.717) is 11.4 Å². The van der Waals surface area contributed by atoms with Crippen molar-refractivity contribution in [1.82, 2.24) is 0 Å². The summed E-state index contributed by atoms with van der Waals surface area (Å²) in [4.78, 5) is 3.37. The molecule has 0 bridgehead atoms. The highest BCUT2D eigenvalue weighted by Crippen LogP contribution is 2.37. The highest BCUT2D eigenvalue weighted by atomic mass is 35.5.